The van der Waals surface area contributed by atoms with Gasteiger partial charge in [-0.1, -0.05) is 30.4 Å². The van der Waals surface area contributed by atoms with Crippen LogP contribution in [0.15, 0.2) is 54.6 Å². The Kier molecular flexibility index (Phi) is 7.22. The zero-order valence-corrected chi connectivity index (χ0v) is 18.9. The fourth-order valence-corrected chi connectivity index (χ4v) is 3.06. The summed E-state index contributed by atoms with van der Waals surface area (Å²) in [7, 11) is 0. The number of para-hydroxylation sites is 1. The standard InChI is InChI=1S/C24H27N5O4/c1-24(2,3)33-23(31)29-20-13-9-11-18(27-20)21(26)28(16-25)14-7-4-8-15-32-19-12-6-5-10-17(19)22(29)30/h4-7,9-13,16,25-26H,8,14-15H2,1-3H3/b7-4+,25-16?,26-21?. The summed E-state index contributed by atoms with van der Waals surface area (Å²) in [4.78, 5) is 33.3. The quantitative estimate of drug-likeness (QED) is 0.382. The summed E-state index contributed by atoms with van der Waals surface area (Å²) in [6.45, 7) is 5.71. The number of rotatable bonds is 1. The van der Waals surface area contributed by atoms with Crippen LogP contribution in [0.4, 0.5) is 10.6 Å². The van der Waals surface area contributed by atoms with E-state index in [1.807, 2.05) is 12.2 Å². The van der Waals surface area contributed by atoms with Crippen LogP contribution >= 0.6 is 0 Å². The maximum absolute atomic E-state index is 13.6. The van der Waals surface area contributed by atoms with Crippen LogP contribution in [0.1, 0.15) is 43.2 Å². The molecule has 0 spiro atoms. The molecule has 0 aliphatic carbocycles. The van der Waals surface area contributed by atoms with E-state index in [9.17, 15) is 9.59 Å². The lowest BCUT2D eigenvalue weighted by Crippen LogP contribution is -2.42. The molecule has 2 N–H and O–H groups in total. The Balaban J connectivity index is 2.15. The molecule has 0 fully saturated rings. The van der Waals surface area contributed by atoms with Gasteiger partial charge in [0, 0.05) is 6.54 Å². The molecule has 0 radical (unpaired) electrons. The van der Waals surface area contributed by atoms with Gasteiger partial charge >= 0.3 is 6.09 Å². The predicted molar refractivity (Wildman–Crippen MR) is 125 cm³/mol. The molecular weight excluding hydrogens is 422 g/mol. The molecule has 1 aromatic heterocycles. The maximum atomic E-state index is 13.6. The molecule has 2 bridgehead atoms. The number of nitrogens with zero attached hydrogens (tertiary/aromatic N) is 3. The molecule has 1 aromatic carbocycles. The van der Waals surface area contributed by atoms with E-state index in [1.54, 1.807) is 57.2 Å². The molecule has 9 nitrogen and oxygen atoms in total. The second kappa shape index (κ2) is 10.1. The molecular formula is C24H27N5O4. The van der Waals surface area contributed by atoms with E-state index in [4.69, 9.17) is 20.3 Å². The Hall–Kier alpha value is -4.01. The van der Waals surface area contributed by atoms with Gasteiger partial charge in [0.2, 0.25) is 0 Å². The molecule has 0 saturated carbocycles. The number of hydrogen-bond donors (Lipinski definition) is 2. The molecule has 3 rings (SSSR count). The summed E-state index contributed by atoms with van der Waals surface area (Å²) in [6.07, 6.45) is 4.40. The summed E-state index contributed by atoms with van der Waals surface area (Å²) < 4.78 is 11.3. The number of pyridine rings is 1. The van der Waals surface area contributed by atoms with Crippen LogP contribution in [-0.4, -0.2) is 52.8 Å². The van der Waals surface area contributed by atoms with Crippen LogP contribution in [0, 0.1) is 10.8 Å². The average molecular weight is 450 g/mol. The number of aromatic nitrogens is 1. The third-order valence-corrected chi connectivity index (χ3v) is 4.56. The van der Waals surface area contributed by atoms with Crippen LogP contribution in [0.2, 0.25) is 0 Å². The molecule has 9 heteroatoms. The number of anilines is 1. The highest BCUT2D eigenvalue weighted by Gasteiger charge is 2.32. The summed E-state index contributed by atoms with van der Waals surface area (Å²) in [5.74, 6) is -0.365. The number of fused-ring (bicyclic) bond motifs is 3. The molecule has 0 unspecified atom stereocenters. The molecule has 2 aromatic rings. The lowest BCUT2D eigenvalue weighted by atomic mass is 10.1. The smallest absolute Gasteiger partial charge is 0.423 e. The third-order valence-electron chi connectivity index (χ3n) is 4.56. The third kappa shape index (κ3) is 5.82. The SMILES string of the molecule is CC(C)(C)OC(=O)N1C(=O)c2ccccc2OCC/C=C/CN(C=N)C(=N)c2cccc1n2. The van der Waals surface area contributed by atoms with E-state index >= 15 is 0 Å². The minimum absolute atomic E-state index is 0.00153. The molecule has 172 valence electrons. The van der Waals surface area contributed by atoms with Crippen LogP contribution in [0.25, 0.3) is 0 Å². The minimum Gasteiger partial charge on any atom is -0.492 e. The van der Waals surface area contributed by atoms with Crippen LogP contribution in [0.3, 0.4) is 0 Å². The number of amides is 2. The fourth-order valence-electron chi connectivity index (χ4n) is 3.06. The number of hydrogen-bond acceptors (Lipinski definition) is 7. The number of benzene rings is 1. The van der Waals surface area contributed by atoms with Gasteiger partial charge in [0.15, 0.2) is 5.84 Å². The first-order chi connectivity index (χ1) is 15.7. The molecule has 2 amide bonds. The highest BCUT2D eigenvalue weighted by Crippen LogP contribution is 2.25. The Morgan fingerprint density at radius 3 is 2.64 bits per heavy atom. The monoisotopic (exact) mass is 449 g/mol. The molecule has 1 aliphatic rings. The van der Waals surface area contributed by atoms with E-state index in [0.29, 0.717) is 25.3 Å². The number of imide groups is 1. The van der Waals surface area contributed by atoms with Crippen molar-refractivity contribution in [3.05, 3.63) is 65.9 Å². The normalized spacial score (nSPS) is 16.1. The van der Waals surface area contributed by atoms with Gasteiger partial charge in [-0.25, -0.2) is 9.78 Å². The van der Waals surface area contributed by atoms with Gasteiger partial charge in [-0.05, 0) is 51.5 Å². The van der Waals surface area contributed by atoms with Gasteiger partial charge in [-0.15, -0.1) is 0 Å². The van der Waals surface area contributed by atoms with Gasteiger partial charge < -0.3 is 14.4 Å². The highest BCUT2D eigenvalue weighted by atomic mass is 16.6. The highest BCUT2D eigenvalue weighted by molar-refractivity contribution is 6.20. The van der Waals surface area contributed by atoms with Gasteiger partial charge in [-0.2, -0.15) is 4.90 Å². The summed E-state index contributed by atoms with van der Waals surface area (Å²) in [6, 6.07) is 11.3. The maximum Gasteiger partial charge on any atom is 0.423 e. The summed E-state index contributed by atoms with van der Waals surface area (Å²) in [5, 5.41) is 16.1. The summed E-state index contributed by atoms with van der Waals surface area (Å²) in [5.41, 5.74) is -0.465. The second-order valence-corrected chi connectivity index (χ2v) is 8.24. The second-order valence-electron chi connectivity index (χ2n) is 8.24. The molecule has 0 atom stereocenters. The number of carbonyl (C=O) groups excluding carboxylic acids is 2. The minimum atomic E-state index is -0.895. The Morgan fingerprint density at radius 1 is 1.15 bits per heavy atom. The van der Waals surface area contributed by atoms with Crippen molar-refractivity contribution in [2.24, 2.45) is 0 Å². The van der Waals surface area contributed by atoms with Gasteiger partial charge in [0.05, 0.1) is 18.5 Å². The van der Waals surface area contributed by atoms with Crippen molar-refractivity contribution in [2.45, 2.75) is 32.8 Å². The zero-order valence-electron chi connectivity index (χ0n) is 18.9. The number of nitrogens with one attached hydrogen (secondary N) is 2. The largest absolute Gasteiger partial charge is 0.492 e. The van der Waals surface area contributed by atoms with Crippen LogP contribution in [0.5, 0.6) is 5.75 Å². The molecule has 0 saturated heterocycles. The van der Waals surface area contributed by atoms with Crippen molar-refractivity contribution in [3.63, 3.8) is 0 Å². The van der Waals surface area contributed by atoms with Crippen molar-refractivity contribution in [3.8, 4) is 5.75 Å². The van der Waals surface area contributed by atoms with Gasteiger partial charge in [0.25, 0.3) is 5.91 Å². The molecule has 1 aliphatic heterocycles. The van der Waals surface area contributed by atoms with Crippen molar-refractivity contribution < 1.29 is 19.1 Å². The van der Waals surface area contributed by atoms with Crippen molar-refractivity contribution in [2.75, 3.05) is 18.1 Å². The lowest BCUT2D eigenvalue weighted by Gasteiger charge is -2.26. The zero-order chi connectivity index (χ0) is 24.0. The molecule has 33 heavy (non-hydrogen) atoms. The lowest BCUT2D eigenvalue weighted by molar-refractivity contribution is 0.0562. The van der Waals surface area contributed by atoms with Crippen molar-refractivity contribution in [1.82, 2.24) is 9.88 Å². The van der Waals surface area contributed by atoms with E-state index in [0.717, 1.165) is 11.2 Å². The first kappa shape index (κ1) is 23.6. The number of ether oxygens (including phenoxy) is 2. The Morgan fingerprint density at radius 2 is 1.91 bits per heavy atom. The van der Waals surface area contributed by atoms with Crippen molar-refractivity contribution >= 4 is 30.0 Å². The first-order valence-electron chi connectivity index (χ1n) is 10.5. The van der Waals surface area contributed by atoms with E-state index in [-0.39, 0.29) is 22.9 Å². The number of amidine groups is 1. The Bertz CT molecular complexity index is 1090. The number of carbonyl (C=O) groups is 2. The van der Waals surface area contributed by atoms with E-state index in [2.05, 4.69) is 4.98 Å². The van der Waals surface area contributed by atoms with E-state index in [1.165, 1.54) is 11.0 Å². The topological polar surface area (TPSA) is 120 Å². The first-order valence-corrected chi connectivity index (χ1v) is 10.5. The Labute approximate surface area is 192 Å². The van der Waals surface area contributed by atoms with Gasteiger partial charge in [-0.3, -0.25) is 15.6 Å². The predicted octanol–water partition coefficient (Wildman–Crippen LogP) is 4.24. The fraction of sp³-hybridized carbons (Fsp3) is 0.292. The van der Waals surface area contributed by atoms with Crippen molar-refractivity contribution in [1.29, 1.82) is 10.8 Å². The average Bonchev–Trinajstić information content (AvgIpc) is 2.77. The van der Waals surface area contributed by atoms with Crippen LogP contribution in [-0.2, 0) is 4.74 Å². The summed E-state index contributed by atoms with van der Waals surface area (Å²) >= 11 is 0. The molecule has 2 heterocycles. The van der Waals surface area contributed by atoms with Gasteiger partial charge in [0.1, 0.15) is 22.9 Å². The van der Waals surface area contributed by atoms with Crippen LogP contribution < -0.4 is 9.64 Å². The van der Waals surface area contributed by atoms with E-state index < -0.39 is 17.6 Å².